The van der Waals surface area contributed by atoms with Crippen LogP contribution in [0.1, 0.15) is 36.8 Å². The molecule has 1 atom stereocenters. The van der Waals surface area contributed by atoms with Crippen molar-refractivity contribution in [1.29, 1.82) is 0 Å². The number of amides is 3. The number of rotatable bonds is 11. The second-order valence-corrected chi connectivity index (χ2v) is 11.0. The fourth-order valence-corrected chi connectivity index (χ4v) is 5.57. The number of aromatic amines is 1. The zero-order valence-electron chi connectivity index (χ0n) is 24.1. The Kier molecular flexibility index (Phi) is 9.92. The second kappa shape index (κ2) is 14.4. The highest BCUT2D eigenvalue weighted by Gasteiger charge is 2.30. The van der Waals surface area contributed by atoms with Gasteiger partial charge < -0.3 is 26.2 Å². The lowest BCUT2D eigenvalue weighted by Gasteiger charge is -2.29. The van der Waals surface area contributed by atoms with Crippen LogP contribution in [0.5, 0.6) is 0 Å². The Bertz CT molecular complexity index is 1550. The number of aromatic nitrogens is 4. The molecule has 12 nitrogen and oxygen atoms in total. The fourth-order valence-electron chi connectivity index (χ4n) is 5.57. The average Bonchev–Trinajstić information content (AvgIpc) is 3.60. The van der Waals surface area contributed by atoms with Crippen LogP contribution in [0.3, 0.4) is 0 Å². The summed E-state index contributed by atoms with van der Waals surface area (Å²) in [5.74, 6) is -0.154. The third-order valence-corrected chi connectivity index (χ3v) is 8.04. The second-order valence-electron chi connectivity index (χ2n) is 11.0. The topological polar surface area (TPSA) is 182 Å². The Morgan fingerprint density at radius 2 is 1.61 bits per heavy atom. The molecule has 0 bridgehead atoms. The van der Waals surface area contributed by atoms with E-state index in [2.05, 4.69) is 36.6 Å². The van der Waals surface area contributed by atoms with Crippen LogP contribution in [0.2, 0.25) is 0 Å². The first-order valence-corrected chi connectivity index (χ1v) is 14.6. The molecule has 1 aliphatic carbocycles. The van der Waals surface area contributed by atoms with Crippen molar-refractivity contribution >= 4 is 23.6 Å². The van der Waals surface area contributed by atoms with Gasteiger partial charge in [0.05, 0.1) is 6.61 Å². The van der Waals surface area contributed by atoms with Gasteiger partial charge in [0.25, 0.3) is 0 Å². The minimum Gasteiger partial charge on any atom is -0.465 e. The number of hydrogen-bond acceptors (Lipinski definition) is 7. The largest absolute Gasteiger partial charge is 0.465 e. The zero-order valence-corrected chi connectivity index (χ0v) is 24.1. The molecule has 0 saturated heterocycles. The number of tetrazole rings is 1. The molecule has 0 unspecified atom stereocenters. The number of nitrogens with one attached hydrogen (secondary N) is 4. The molecule has 1 aromatic heterocycles. The van der Waals surface area contributed by atoms with E-state index in [9.17, 15) is 19.5 Å². The minimum atomic E-state index is -1.05. The maximum absolute atomic E-state index is 13.6. The van der Waals surface area contributed by atoms with Crippen molar-refractivity contribution in [1.82, 2.24) is 31.3 Å². The summed E-state index contributed by atoms with van der Waals surface area (Å²) in [5.41, 5.74) is 4.86. The maximum Gasteiger partial charge on any atom is 0.404 e. The third kappa shape index (κ3) is 7.84. The highest BCUT2D eigenvalue weighted by Crippen LogP contribution is 2.29. The molecule has 3 amide bonds. The van der Waals surface area contributed by atoms with Crippen molar-refractivity contribution in [2.45, 2.75) is 44.8 Å². The van der Waals surface area contributed by atoms with Gasteiger partial charge in [-0.05, 0) is 83.3 Å². The lowest BCUT2D eigenvalue weighted by Crippen LogP contribution is -2.48. The van der Waals surface area contributed by atoms with Gasteiger partial charge in [-0.2, -0.15) is 5.21 Å². The lowest BCUT2D eigenvalue weighted by molar-refractivity contribution is -0.130. The molecule has 1 saturated carbocycles. The van der Waals surface area contributed by atoms with E-state index in [0.717, 1.165) is 40.7 Å². The van der Waals surface area contributed by atoms with E-state index in [-0.39, 0.29) is 36.7 Å². The highest BCUT2D eigenvalue weighted by molar-refractivity contribution is 5.97. The van der Waals surface area contributed by atoms with Crippen molar-refractivity contribution < 1.29 is 24.6 Å². The third-order valence-electron chi connectivity index (χ3n) is 8.04. The first kappa shape index (κ1) is 30.4. The Hall–Kier alpha value is -5.10. The number of aliphatic hydroxyl groups is 1. The van der Waals surface area contributed by atoms with Gasteiger partial charge in [-0.25, -0.2) is 4.79 Å². The standard InChI is InChI=1S/C32H35N7O5/c40-19-25-3-1-2-4-27(25)22-9-5-20(6-10-22)17-28(35-30(41)24-11-7-21(8-12-24)18-33-32(43)44)31(42)34-26-15-13-23(14-16-26)29-36-38-39-37-29/h1-6,9-10,13-16,21,24,28,33,40H,7-8,11-12,17-19H2,(H,34,42)(H,35,41)(H,43,44)(H,36,37,38,39)/t21?,24?,28-/m0/s1. The Labute approximate surface area is 254 Å². The van der Waals surface area contributed by atoms with Gasteiger partial charge in [0, 0.05) is 30.1 Å². The van der Waals surface area contributed by atoms with Crippen LogP contribution in [0.15, 0.2) is 72.8 Å². The van der Waals surface area contributed by atoms with Crippen LogP contribution in [-0.2, 0) is 22.6 Å². The quantitative estimate of drug-likeness (QED) is 0.151. The predicted octanol–water partition coefficient (Wildman–Crippen LogP) is 3.77. The fraction of sp³-hybridized carbons (Fsp3) is 0.312. The molecule has 1 fully saturated rings. The van der Waals surface area contributed by atoms with Gasteiger partial charge in [-0.1, -0.05) is 48.5 Å². The number of carboxylic acid groups (broad SMARTS) is 1. The van der Waals surface area contributed by atoms with Crippen LogP contribution in [0.25, 0.3) is 22.5 Å². The molecule has 0 aliphatic heterocycles. The van der Waals surface area contributed by atoms with E-state index in [1.54, 1.807) is 24.3 Å². The average molecular weight is 598 g/mol. The van der Waals surface area contributed by atoms with Gasteiger partial charge >= 0.3 is 6.09 Å². The number of benzene rings is 3. The number of carbonyl (C=O) groups excluding carboxylic acids is 2. The van der Waals surface area contributed by atoms with E-state index in [1.807, 2.05) is 48.5 Å². The summed E-state index contributed by atoms with van der Waals surface area (Å²) in [5, 5.41) is 40.9. The molecule has 228 valence electrons. The first-order chi connectivity index (χ1) is 21.4. The zero-order chi connectivity index (χ0) is 30.9. The van der Waals surface area contributed by atoms with Crippen LogP contribution < -0.4 is 16.0 Å². The van der Waals surface area contributed by atoms with Crippen LogP contribution >= 0.6 is 0 Å². The summed E-state index contributed by atoms with van der Waals surface area (Å²) in [6, 6.07) is 21.6. The van der Waals surface area contributed by atoms with Crippen molar-refractivity contribution in [2.24, 2.45) is 11.8 Å². The summed E-state index contributed by atoms with van der Waals surface area (Å²) in [6.45, 7) is 0.305. The predicted molar refractivity (Wildman–Crippen MR) is 163 cm³/mol. The van der Waals surface area contributed by atoms with E-state index >= 15 is 0 Å². The normalized spacial score (nSPS) is 16.9. The molecule has 5 rings (SSSR count). The molecular formula is C32H35N7O5. The van der Waals surface area contributed by atoms with E-state index in [1.165, 1.54) is 0 Å². The van der Waals surface area contributed by atoms with Crippen molar-refractivity contribution in [3.63, 3.8) is 0 Å². The first-order valence-electron chi connectivity index (χ1n) is 14.6. The van der Waals surface area contributed by atoms with Crippen LogP contribution in [-0.4, -0.2) is 61.3 Å². The molecule has 3 aromatic carbocycles. The summed E-state index contributed by atoms with van der Waals surface area (Å²) in [7, 11) is 0. The van der Waals surface area contributed by atoms with Gasteiger partial charge in [-0.15, -0.1) is 10.2 Å². The number of aliphatic hydroxyl groups excluding tert-OH is 1. The van der Waals surface area contributed by atoms with Gasteiger partial charge in [0.1, 0.15) is 6.04 Å². The maximum atomic E-state index is 13.6. The number of carbonyl (C=O) groups is 3. The summed E-state index contributed by atoms with van der Waals surface area (Å²) in [4.78, 5) is 37.8. The molecule has 4 aromatic rings. The molecule has 44 heavy (non-hydrogen) atoms. The molecule has 1 aliphatic rings. The smallest absolute Gasteiger partial charge is 0.404 e. The molecule has 12 heteroatoms. The number of nitrogens with zero attached hydrogens (tertiary/aromatic N) is 3. The molecule has 6 N–H and O–H groups in total. The molecule has 0 radical (unpaired) electrons. The lowest BCUT2D eigenvalue weighted by atomic mass is 9.81. The summed E-state index contributed by atoms with van der Waals surface area (Å²) < 4.78 is 0. The Balaban J connectivity index is 1.28. The molecule has 0 spiro atoms. The number of anilines is 1. The number of hydrogen-bond donors (Lipinski definition) is 6. The van der Waals surface area contributed by atoms with Crippen molar-refractivity contribution in [3.8, 4) is 22.5 Å². The highest BCUT2D eigenvalue weighted by atomic mass is 16.4. The number of H-pyrrole nitrogens is 1. The minimum absolute atomic E-state index is 0.0692. The van der Waals surface area contributed by atoms with E-state index in [0.29, 0.717) is 30.9 Å². The van der Waals surface area contributed by atoms with Crippen molar-refractivity contribution in [3.05, 3.63) is 83.9 Å². The Morgan fingerprint density at radius 3 is 2.27 bits per heavy atom. The van der Waals surface area contributed by atoms with Gasteiger partial charge in [0.15, 0.2) is 0 Å². The summed E-state index contributed by atoms with van der Waals surface area (Å²) >= 11 is 0. The van der Waals surface area contributed by atoms with Gasteiger partial charge in [0.2, 0.25) is 17.6 Å². The monoisotopic (exact) mass is 597 g/mol. The molecule has 1 heterocycles. The summed E-state index contributed by atoms with van der Waals surface area (Å²) in [6.07, 6.45) is 1.95. The van der Waals surface area contributed by atoms with Crippen molar-refractivity contribution in [2.75, 3.05) is 11.9 Å². The van der Waals surface area contributed by atoms with Gasteiger partial charge in [-0.3, -0.25) is 9.59 Å². The SMILES string of the molecule is O=C(O)NCC1CCC(C(=O)N[C@@H](Cc2ccc(-c3ccccc3CO)cc2)C(=O)Nc2ccc(-c3nn[nH]n3)cc2)CC1. The van der Waals surface area contributed by atoms with E-state index in [4.69, 9.17) is 5.11 Å². The van der Waals surface area contributed by atoms with Crippen LogP contribution in [0.4, 0.5) is 10.5 Å². The molecular weight excluding hydrogens is 562 g/mol. The Morgan fingerprint density at radius 1 is 0.909 bits per heavy atom. The van der Waals surface area contributed by atoms with E-state index < -0.39 is 12.1 Å². The van der Waals surface area contributed by atoms with Crippen LogP contribution in [0, 0.1) is 11.8 Å².